The third-order valence-corrected chi connectivity index (χ3v) is 19.3. The SMILES string of the molecule is CCCCCCCCCCCCCCCC(=O)OCC(COP(=O)(O)OCCN1C(/C=C(C)/C=C/C=C(C)/C=C/C2=C(C)CCCC2(C)C)=C(N)C(/C=C/C=C(C)/C=C/C2=C(C)CCCC2(C)C)=C(N)C1N)OC(=O)CCCCCCCCCCCCCCC. The molecule has 0 saturated carbocycles. The monoisotopic (exact) mass is 1270 g/mol. The number of phosphoric ester groups is 1. The number of nitrogens with zero attached hydrogens (tertiary/aromatic N) is 1. The van der Waals surface area contributed by atoms with E-state index in [1.54, 1.807) is 4.90 Å². The minimum Gasteiger partial charge on any atom is -0.462 e. The summed E-state index contributed by atoms with van der Waals surface area (Å²) in [5.41, 5.74) is 31.7. The zero-order chi connectivity index (χ0) is 66.2. The number of esters is 2. The molecule has 0 saturated heterocycles. The molecule has 3 unspecified atom stereocenters. The van der Waals surface area contributed by atoms with E-state index in [1.165, 1.54) is 157 Å². The van der Waals surface area contributed by atoms with Crippen LogP contribution in [-0.2, 0) is 32.7 Å². The number of nitrogens with two attached hydrogens (primary N) is 3. The maximum atomic E-state index is 13.7. The summed E-state index contributed by atoms with van der Waals surface area (Å²) in [6.07, 6.45) is 59.1. The number of carbonyl (C=O) groups excluding carboxylic acids is 2. The zero-order valence-corrected chi connectivity index (χ0v) is 59.7. The number of rotatable bonds is 47. The molecule has 0 amide bonds. The number of carbonyl (C=O) groups is 2. The number of hydrogen-bond donors (Lipinski definition) is 4. The van der Waals surface area contributed by atoms with E-state index in [0.29, 0.717) is 35.5 Å². The molecule has 0 radical (unpaired) electrons. The van der Waals surface area contributed by atoms with Crippen LogP contribution in [0.4, 0.5) is 0 Å². The highest BCUT2D eigenvalue weighted by Crippen LogP contribution is 2.44. The van der Waals surface area contributed by atoms with E-state index in [4.69, 9.17) is 35.7 Å². The fourth-order valence-corrected chi connectivity index (χ4v) is 13.4. The molecule has 90 heavy (non-hydrogen) atoms. The topological polar surface area (TPSA) is 190 Å². The van der Waals surface area contributed by atoms with Gasteiger partial charge in [0.15, 0.2) is 6.10 Å². The predicted molar refractivity (Wildman–Crippen MR) is 379 cm³/mol. The Morgan fingerprint density at radius 1 is 0.600 bits per heavy atom. The van der Waals surface area contributed by atoms with Crippen LogP contribution in [0.2, 0.25) is 0 Å². The molecule has 1 heterocycles. The van der Waals surface area contributed by atoms with Crippen molar-refractivity contribution in [3.63, 3.8) is 0 Å². The highest BCUT2D eigenvalue weighted by atomic mass is 31.2. The van der Waals surface area contributed by atoms with Crippen molar-refractivity contribution in [3.8, 4) is 0 Å². The van der Waals surface area contributed by atoms with Crippen LogP contribution < -0.4 is 17.2 Å². The third kappa shape index (κ3) is 32.9. The van der Waals surface area contributed by atoms with Crippen LogP contribution in [0, 0.1) is 10.8 Å². The Hall–Kier alpha value is -4.45. The van der Waals surface area contributed by atoms with Gasteiger partial charge in [0.25, 0.3) is 0 Å². The van der Waals surface area contributed by atoms with Crippen LogP contribution in [0.5, 0.6) is 0 Å². The van der Waals surface area contributed by atoms with Crippen molar-refractivity contribution >= 4 is 19.8 Å². The minimum absolute atomic E-state index is 0.00941. The van der Waals surface area contributed by atoms with E-state index in [9.17, 15) is 19.0 Å². The first kappa shape index (κ1) is 79.8. The predicted octanol–water partition coefficient (Wildman–Crippen LogP) is 20.6. The summed E-state index contributed by atoms with van der Waals surface area (Å²) >= 11 is 0. The highest BCUT2D eigenvalue weighted by Gasteiger charge is 2.32. The van der Waals surface area contributed by atoms with Gasteiger partial charge in [0.1, 0.15) is 12.8 Å². The van der Waals surface area contributed by atoms with E-state index in [0.717, 1.165) is 74.5 Å². The van der Waals surface area contributed by atoms with Crippen molar-refractivity contribution in [2.45, 2.75) is 307 Å². The van der Waals surface area contributed by atoms with Gasteiger partial charge in [-0.05, 0) is 120 Å². The first-order valence-corrected chi connectivity index (χ1v) is 37.1. The molecule has 0 aromatic rings. The molecule has 2 aliphatic carbocycles. The lowest BCUT2D eigenvalue weighted by atomic mass is 9.72. The van der Waals surface area contributed by atoms with Crippen LogP contribution in [-0.4, -0.2) is 60.4 Å². The molecule has 510 valence electrons. The maximum absolute atomic E-state index is 13.7. The summed E-state index contributed by atoms with van der Waals surface area (Å²) < 4.78 is 36.1. The second-order valence-corrected chi connectivity index (χ2v) is 29.1. The maximum Gasteiger partial charge on any atom is 0.472 e. The molecule has 0 spiro atoms. The van der Waals surface area contributed by atoms with Crippen molar-refractivity contribution in [2.24, 2.45) is 28.0 Å². The van der Waals surface area contributed by atoms with Crippen LogP contribution >= 0.6 is 7.82 Å². The van der Waals surface area contributed by atoms with E-state index < -0.39 is 38.6 Å². The molecule has 3 aliphatic rings. The molecule has 13 heteroatoms. The normalized spacial score (nSPS) is 19.0. The summed E-state index contributed by atoms with van der Waals surface area (Å²) in [7, 11) is -4.77. The number of allylic oxidation sites excluding steroid dienone is 18. The third-order valence-electron chi connectivity index (χ3n) is 18.4. The van der Waals surface area contributed by atoms with Crippen molar-refractivity contribution in [1.82, 2.24) is 4.90 Å². The molecule has 0 aromatic heterocycles. The van der Waals surface area contributed by atoms with Gasteiger partial charge in [-0.3, -0.25) is 18.6 Å². The van der Waals surface area contributed by atoms with Gasteiger partial charge in [0.05, 0.1) is 30.3 Å². The molecule has 0 bridgehead atoms. The van der Waals surface area contributed by atoms with E-state index in [2.05, 4.69) is 99.6 Å². The summed E-state index contributed by atoms with van der Waals surface area (Å²) in [4.78, 5) is 39.1. The van der Waals surface area contributed by atoms with E-state index in [1.807, 2.05) is 43.4 Å². The molecule has 1 aliphatic heterocycles. The van der Waals surface area contributed by atoms with Gasteiger partial charge in [-0.15, -0.1) is 0 Å². The van der Waals surface area contributed by atoms with Crippen LogP contribution in [0.3, 0.4) is 0 Å². The standard InChI is InChI=1S/C77H129N4O8P/c1-12-14-16-18-20-22-24-26-28-30-32-34-36-48-71(82)86-59-66(89-72(83)49-37-35-33-31-29-27-25-23-21-19-17-15-13-2)60-88-90(84,85)87-57-56-81-70(58-63(5)44-38-42-61(3)50-52-68-64(6)45-40-54-76(68,8)9)73(78)67(74(79)75(81)80)47-39-43-62(4)51-53-69-65(7)46-41-55-77(69,10)11/h38-39,42-44,47,50-53,58,66,75H,12-37,40-41,45-46,48-49,54-57,59-60,78-80H2,1-11H3,(H,84,85)/b44-38+,47-39+,52-50+,53-51+,61-42+,62-43+,63-58+. The number of unbranched alkanes of at least 4 members (excludes halogenated alkanes) is 24. The number of hydrogen-bond acceptors (Lipinski definition) is 11. The van der Waals surface area contributed by atoms with Crippen molar-refractivity contribution in [1.29, 1.82) is 0 Å². The van der Waals surface area contributed by atoms with Gasteiger partial charge >= 0.3 is 19.8 Å². The summed E-state index contributed by atoms with van der Waals surface area (Å²) in [5.74, 6) is -0.893. The summed E-state index contributed by atoms with van der Waals surface area (Å²) in [6, 6.07) is 0. The lowest BCUT2D eigenvalue weighted by molar-refractivity contribution is -0.161. The number of ether oxygens (including phenoxy) is 2. The minimum atomic E-state index is -4.77. The molecule has 0 fully saturated rings. The van der Waals surface area contributed by atoms with Gasteiger partial charge in [-0.2, -0.15) is 0 Å². The molecule has 3 atom stereocenters. The highest BCUT2D eigenvalue weighted by molar-refractivity contribution is 7.47. The Morgan fingerprint density at radius 3 is 1.49 bits per heavy atom. The van der Waals surface area contributed by atoms with Crippen molar-refractivity contribution in [3.05, 3.63) is 129 Å². The zero-order valence-electron chi connectivity index (χ0n) is 58.8. The van der Waals surface area contributed by atoms with Gasteiger partial charge in [-0.1, -0.05) is 279 Å². The van der Waals surface area contributed by atoms with E-state index >= 15 is 0 Å². The molecule has 0 aromatic carbocycles. The Labute approximate surface area is 549 Å². The first-order chi connectivity index (χ1) is 43.0. The van der Waals surface area contributed by atoms with Gasteiger partial charge in [0, 0.05) is 25.0 Å². The Morgan fingerprint density at radius 2 is 1.03 bits per heavy atom. The van der Waals surface area contributed by atoms with Crippen LogP contribution in [0.25, 0.3) is 0 Å². The second kappa shape index (κ2) is 45.0. The smallest absolute Gasteiger partial charge is 0.462 e. The quantitative estimate of drug-likeness (QED) is 0.0196. The Kier molecular flexibility index (Phi) is 39.9. The molecular formula is C77H129N4O8P. The van der Waals surface area contributed by atoms with Crippen molar-refractivity contribution in [2.75, 3.05) is 26.4 Å². The van der Waals surface area contributed by atoms with Crippen LogP contribution in [0.15, 0.2) is 129 Å². The number of phosphoric acid groups is 1. The Balaban J connectivity index is 1.73. The lowest BCUT2D eigenvalue weighted by Gasteiger charge is -2.38. The van der Waals surface area contributed by atoms with Crippen LogP contribution in [0.1, 0.15) is 294 Å². The Bertz CT molecular complexity index is 2550. The molecule has 3 rings (SSSR count). The van der Waals surface area contributed by atoms with Gasteiger partial charge in [-0.25, -0.2) is 4.57 Å². The molecule has 12 nitrogen and oxygen atoms in total. The van der Waals surface area contributed by atoms with Crippen molar-refractivity contribution < 1.29 is 37.6 Å². The van der Waals surface area contributed by atoms with Gasteiger partial charge in [0.2, 0.25) is 0 Å². The fraction of sp³-hybridized carbons (Fsp3) is 0.688. The fourth-order valence-electron chi connectivity index (χ4n) is 12.7. The largest absolute Gasteiger partial charge is 0.472 e. The average Bonchev–Trinajstić information content (AvgIpc) is 0.902. The van der Waals surface area contributed by atoms with Gasteiger partial charge < -0.3 is 36.5 Å². The molecular weight excluding hydrogens is 1140 g/mol. The summed E-state index contributed by atoms with van der Waals surface area (Å²) in [6.45, 7) is 23.3. The molecule has 7 N–H and O–H groups in total. The summed E-state index contributed by atoms with van der Waals surface area (Å²) in [5, 5.41) is 0. The average molecular weight is 1270 g/mol. The lowest BCUT2D eigenvalue weighted by Crippen LogP contribution is -2.50. The van der Waals surface area contributed by atoms with E-state index in [-0.39, 0.29) is 43.4 Å². The first-order valence-electron chi connectivity index (χ1n) is 35.7. The second-order valence-electron chi connectivity index (χ2n) is 27.6.